The third kappa shape index (κ3) is 3.89. The molecule has 128 valence electrons. The number of benzene rings is 1. The Kier molecular flexibility index (Phi) is 4.86. The highest BCUT2D eigenvalue weighted by atomic mass is 19.4. The maximum Gasteiger partial charge on any atom is 0.417 e. The molecule has 2 aromatic rings. The number of carbonyl (C=O) groups is 2. The Balaban J connectivity index is 2.16. The van der Waals surface area contributed by atoms with Gasteiger partial charge in [0.25, 0.3) is 5.91 Å². The van der Waals surface area contributed by atoms with E-state index in [0.29, 0.717) is 11.9 Å². The minimum atomic E-state index is -4.85. The topological polar surface area (TPSA) is 97.1 Å². The monoisotopic (exact) mass is 342 g/mol. The molecule has 1 amide bonds. The molecule has 1 aromatic carbocycles. The average Bonchev–Trinajstić information content (AvgIpc) is 2.91. The quantitative estimate of drug-likeness (QED) is 0.858. The Labute approximate surface area is 134 Å². The molecule has 1 heterocycles. The molecule has 0 aliphatic heterocycles. The highest BCUT2D eigenvalue weighted by Crippen LogP contribution is 2.32. The number of nitrogens with zero attached hydrogens (tertiary/aromatic N) is 3. The molecule has 0 saturated carbocycles. The van der Waals surface area contributed by atoms with Crippen LogP contribution in [-0.2, 0) is 19.6 Å². The van der Waals surface area contributed by atoms with Crippen molar-refractivity contribution in [3.63, 3.8) is 0 Å². The van der Waals surface area contributed by atoms with Gasteiger partial charge in [-0.15, -0.1) is 0 Å². The number of hydrogen-bond acceptors (Lipinski definition) is 4. The van der Waals surface area contributed by atoms with Crippen LogP contribution in [0.3, 0.4) is 0 Å². The molecule has 0 spiro atoms. The van der Waals surface area contributed by atoms with Gasteiger partial charge in [0.15, 0.2) is 0 Å². The highest BCUT2D eigenvalue weighted by Gasteiger charge is 2.36. The lowest BCUT2D eigenvalue weighted by Gasteiger charge is -2.13. The molecule has 0 unspecified atom stereocenters. The maximum atomic E-state index is 13.1. The molecule has 24 heavy (non-hydrogen) atoms. The molecule has 0 aliphatic rings. The summed E-state index contributed by atoms with van der Waals surface area (Å²) in [4.78, 5) is 26.7. The summed E-state index contributed by atoms with van der Waals surface area (Å²) in [6, 6.07) is 2.25. The number of rotatable bonds is 5. The van der Waals surface area contributed by atoms with Crippen molar-refractivity contribution < 1.29 is 27.9 Å². The van der Waals surface area contributed by atoms with E-state index in [1.54, 1.807) is 7.05 Å². The lowest BCUT2D eigenvalue weighted by Crippen LogP contribution is -2.29. The molecule has 2 N–H and O–H groups in total. The zero-order valence-electron chi connectivity index (χ0n) is 12.5. The Hall–Kier alpha value is -2.91. The largest absolute Gasteiger partial charge is 0.478 e. The number of hydrogen-bond donors (Lipinski definition) is 2. The van der Waals surface area contributed by atoms with Gasteiger partial charge >= 0.3 is 12.1 Å². The van der Waals surface area contributed by atoms with Crippen LogP contribution in [0, 0.1) is 0 Å². The molecule has 7 nitrogen and oxygen atoms in total. The molecular weight excluding hydrogens is 329 g/mol. The molecule has 10 heteroatoms. The third-order valence-corrected chi connectivity index (χ3v) is 3.26. The average molecular weight is 342 g/mol. The van der Waals surface area contributed by atoms with Gasteiger partial charge in [-0.25, -0.2) is 9.78 Å². The SMILES string of the molecule is Cn1ncnc1CCNC(=O)c1ccc(C(=O)O)cc1C(F)(F)F. The first-order chi connectivity index (χ1) is 11.2. The van der Waals surface area contributed by atoms with E-state index in [4.69, 9.17) is 5.11 Å². The van der Waals surface area contributed by atoms with Gasteiger partial charge in [0.2, 0.25) is 0 Å². The molecule has 2 rings (SSSR count). The van der Waals surface area contributed by atoms with E-state index in [-0.39, 0.29) is 13.0 Å². The molecular formula is C14H13F3N4O3. The van der Waals surface area contributed by atoms with E-state index in [9.17, 15) is 22.8 Å². The van der Waals surface area contributed by atoms with Crippen molar-refractivity contribution in [2.75, 3.05) is 6.54 Å². The Morgan fingerprint density at radius 1 is 1.33 bits per heavy atom. The van der Waals surface area contributed by atoms with E-state index in [1.807, 2.05) is 0 Å². The van der Waals surface area contributed by atoms with Crippen molar-refractivity contribution >= 4 is 11.9 Å². The van der Waals surface area contributed by atoms with Crippen LogP contribution in [0.1, 0.15) is 32.1 Å². The van der Waals surface area contributed by atoms with E-state index in [1.165, 1.54) is 11.0 Å². The summed E-state index contributed by atoms with van der Waals surface area (Å²) in [5.41, 5.74) is -2.47. The number of aromatic nitrogens is 3. The van der Waals surface area contributed by atoms with Crippen LogP contribution in [0.5, 0.6) is 0 Å². The number of carboxylic acids is 1. The van der Waals surface area contributed by atoms with Gasteiger partial charge in [-0.05, 0) is 18.2 Å². The summed E-state index contributed by atoms with van der Waals surface area (Å²) >= 11 is 0. The fourth-order valence-corrected chi connectivity index (χ4v) is 2.04. The predicted molar refractivity (Wildman–Crippen MR) is 75.4 cm³/mol. The van der Waals surface area contributed by atoms with Gasteiger partial charge in [0.1, 0.15) is 12.2 Å². The van der Waals surface area contributed by atoms with Crippen molar-refractivity contribution in [1.29, 1.82) is 0 Å². The van der Waals surface area contributed by atoms with Gasteiger partial charge in [0, 0.05) is 20.0 Å². The summed E-state index contributed by atoms with van der Waals surface area (Å²) in [5, 5.41) is 15.0. The van der Waals surface area contributed by atoms with E-state index in [2.05, 4.69) is 15.4 Å². The minimum absolute atomic E-state index is 0.0589. The molecule has 0 fully saturated rings. The summed E-state index contributed by atoms with van der Waals surface area (Å²) in [6.45, 7) is 0.0589. The second-order valence-corrected chi connectivity index (χ2v) is 4.87. The van der Waals surface area contributed by atoms with Crippen molar-refractivity contribution in [3.8, 4) is 0 Å². The number of alkyl halides is 3. The van der Waals surface area contributed by atoms with Gasteiger partial charge < -0.3 is 10.4 Å². The molecule has 1 aromatic heterocycles. The first-order valence-corrected chi connectivity index (χ1v) is 6.75. The van der Waals surface area contributed by atoms with E-state index < -0.39 is 34.7 Å². The second-order valence-electron chi connectivity index (χ2n) is 4.87. The Morgan fingerprint density at radius 2 is 2.04 bits per heavy atom. The van der Waals surface area contributed by atoms with Gasteiger partial charge in [-0.3, -0.25) is 9.48 Å². The van der Waals surface area contributed by atoms with Crippen LogP contribution >= 0.6 is 0 Å². The highest BCUT2D eigenvalue weighted by molar-refractivity contribution is 5.97. The number of nitrogens with one attached hydrogen (secondary N) is 1. The van der Waals surface area contributed by atoms with Crippen LogP contribution < -0.4 is 5.32 Å². The number of carboxylic acid groups (broad SMARTS) is 1. The van der Waals surface area contributed by atoms with Crippen LogP contribution in [-0.4, -0.2) is 38.3 Å². The normalized spacial score (nSPS) is 11.3. The number of carbonyl (C=O) groups excluding carboxylic acids is 1. The summed E-state index contributed by atoms with van der Waals surface area (Å²) in [7, 11) is 1.65. The van der Waals surface area contributed by atoms with Crippen molar-refractivity contribution in [1.82, 2.24) is 20.1 Å². The minimum Gasteiger partial charge on any atom is -0.478 e. The summed E-state index contributed by atoms with van der Waals surface area (Å²) in [5.74, 6) is -1.89. The number of halogens is 3. The Bertz CT molecular complexity index is 771. The van der Waals surface area contributed by atoms with Crippen LogP contribution in [0.4, 0.5) is 13.2 Å². The number of amides is 1. The standard InChI is InChI=1S/C14H13F3N4O3/c1-21-11(19-7-20-21)4-5-18-12(22)9-3-2-8(13(23)24)6-10(9)14(15,16)17/h2-3,6-7H,4-5H2,1H3,(H,18,22)(H,23,24). The van der Waals surface area contributed by atoms with Gasteiger partial charge in [-0.1, -0.05) is 0 Å². The van der Waals surface area contributed by atoms with Crippen LogP contribution in [0.15, 0.2) is 24.5 Å². The number of aryl methyl sites for hydroxylation is 1. The van der Waals surface area contributed by atoms with Gasteiger partial charge in [-0.2, -0.15) is 18.3 Å². The third-order valence-electron chi connectivity index (χ3n) is 3.26. The Morgan fingerprint density at radius 3 is 2.58 bits per heavy atom. The first-order valence-electron chi connectivity index (χ1n) is 6.75. The first kappa shape index (κ1) is 17.4. The smallest absolute Gasteiger partial charge is 0.417 e. The fraction of sp³-hybridized carbons (Fsp3) is 0.286. The van der Waals surface area contributed by atoms with Crippen molar-refractivity contribution in [3.05, 3.63) is 47.0 Å². The lowest BCUT2D eigenvalue weighted by molar-refractivity contribution is -0.137. The van der Waals surface area contributed by atoms with Crippen LogP contribution in [0.25, 0.3) is 0 Å². The maximum absolute atomic E-state index is 13.1. The predicted octanol–water partition coefficient (Wildman–Crippen LogP) is 1.50. The zero-order valence-corrected chi connectivity index (χ0v) is 12.5. The van der Waals surface area contributed by atoms with E-state index >= 15 is 0 Å². The molecule has 0 aliphatic carbocycles. The zero-order chi connectivity index (χ0) is 17.9. The molecule has 0 bridgehead atoms. The molecule has 0 atom stereocenters. The summed E-state index contributed by atoms with van der Waals surface area (Å²) < 4.78 is 40.6. The molecule has 0 saturated heterocycles. The lowest BCUT2D eigenvalue weighted by atomic mass is 10.0. The second kappa shape index (κ2) is 6.69. The summed E-state index contributed by atoms with van der Waals surface area (Å²) in [6.07, 6.45) is -3.23. The van der Waals surface area contributed by atoms with E-state index in [0.717, 1.165) is 12.1 Å². The van der Waals surface area contributed by atoms with Crippen molar-refractivity contribution in [2.24, 2.45) is 7.05 Å². The van der Waals surface area contributed by atoms with Gasteiger partial charge in [0.05, 0.1) is 16.7 Å². The number of aromatic carboxylic acids is 1. The van der Waals surface area contributed by atoms with Crippen LogP contribution in [0.2, 0.25) is 0 Å². The molecule has 0 radical (unpaired) electrons. The fourth-order valence-electron chi connectivity index (χ4n) is 2.04. The van der Waals surface area contributed by atoms with Crippen molar-refractivity contribution in [2.45, 2.75) is 12.6 Å².